The summed E-state index contributed by atoms with van der Waals surface area (Å²) in [5.41, 5.74) is 8.32. The molecule has 0 aliphatic carbocycles. The highest BCUT2D eigenvalue weighted by atomic mass is 28.3. The fraction of sp³-hybridized carbons (Fsp3) is 0.176. The first kappa shape index (κ1) is 25.2. The number of aryl methyl sites for hydroxylation is 2. The van der Waals surface area contributed by atoms with Gasteiger partial charge in [0, 0.05) is 0 Å². The molecule has 0 saturated carbocycles. The van der Waals surface area contributed by atoms with E-state index in [0.717, 1.165) is 54.9 Å². The molecule has 4 aromatic carbocycles. The average molecular weight is 503 g/mol. The van der Waals surface area contributed by atoms with Crippen molar-refractivity contribution in [2.24, 2.45) is 0 Å². The number of hydrogen-bond donors (Lipinski definition) is 2. The largest absolute Gasteiger partial charge is 0.384 e. The zero-order chi connectivity index (χ0) is 26.2. The molecule has 0 fully saturated rings. The minimum atomic E-state index is -2.55. The van der Waals surface area contributed by atoms with Gasteiger partial charge in [-0.25, -0.2) is 0 Å². The summed E-state index contributed by atoms with van der Waals surface area (Å²) in [7, 11) is -2.55. The standard InChI is InChI=1S/C34H34O2Si/c1-23-15-19-27(20-16-23)31(35)33-29(25-11-7-5-8-12-25)30(26-13-9-6-10-14-26)34(37(33,3)4)32(36)28-21-17-24(2)18-22-28/h5-22,31-32,35-36H,1-4H3. The smallest absolute Gasteiger partial charge is 0.112 e. The van der Waals surface area contributed by atoms with E-state index in [0.29, 0.717) is 0 Å². The Balaban J connectivity index is 1.82. The zero-order valence-electron chi connectivity index (χ0n) is 21.9. The van der Waals surface area contributed by atoms with Gasteiger partial charge in [-0.15, -0.1) is 0 Å². The molecular formula is C34H34O2Si. The normalized spacial score (nSPS) is 16.7. The number of aliphatic hydroxyl groups is 2. The summed E-state index contributed by atoms with van der Waals surface area (Å²) in [5.74, 6) is 0. The van der Waals surface area contributed by atoms with Crippen LogP contribution >= 0.6 is 0 Å². The zero-order valence-corrected chi connectivity index (χ0v) is 22.9. The van der Waals surface area contributed by atoms with Gasteiger partial charge in [0.2, 0.25) is 0 Å². The quantitative estimate of drug-likeness (QED) is 0.264. The van der Waals surface area contributed by atoms with Crippen LogP contribution in [0, 0.1) is 13.8 Å². The van der Waals surface area contributed by atoms with E-state index in [1.807, 2.05) is 60.7 Å². The molecule has 3 heteroatoms. The van der Waals surface area contributed by atoms with Gasteiger partial charge in [0.1, 0.15) is 8.07 Å². The summed E-state index contributed by atoms with van der Waals surface area (Å²) in [4.78, 5) is 0. The highest BCUT2D eigenvalue weighted by Gasteiger charge is 2.47. The molecule has 2 nitrogen and oxygen atoms in total. The predicted molar refractivity (Wildman–Crippen MR) is 156 cm³/mol. The summed E-state index contributed by atoms with van der Waals surface area (Å²) in [6.45, 7) is 8.66. The van der Waals surface area contributed by atoms with Gasteiger partial charge in [-0.2, -0.15) is 0 Å². The maximum absolute atomic E-state index is 12.0. The van der Waals surface area contributed by atoms with E-state index in [1.165, 1.54) is 0 Å². The minimum Gasteiger partial charge on any atom is -0.384 e. The van der Waals surface area contributed by atoms with E-state index in [2.05, 4.69) is 75.5 Å². The molecule has 0 aromatic heterocycles. The van der Waals surface area contributed by atoms with Crippen LogP contribution in [0.2, 0.25) is 13.1 Å². The van der Waals surface area contributed by atoms with Crippen molar-refractivity contribution < 1.29 is 10.2 Å². The van der Waals surface area contributed by atoms with E-state index in [4.69, 9.17) is 0 Å². The van der Waals surface area contributed by atoms with E-state index in [-0.39, 0.29) is 0 Å². The summed E-state index contributed by atoms with van der Waals surface area (Å²) in [5, 5.41) is 26.1. The molecule has 0 bridgehead atoms. The number of allylic oxidation sites excluding steroid dienone is 2. The lowest BCUT2D eigenvalue weighted by molar-refractivity contribution is 0.218. The molecule has 186 valence electrons. The topological polar surface area (TPSA) is 40.5 Å². The molecule has 0 spiro atoms. The Labute approximate surface area is 221 Å². The molecule has 0 amide bonds. The van der Waals surface area contributed by atoms with E-state index in [1.54, 1.807) is 0 Å². The lowest BCUT2D eigenvalue weighted by atomic mass is 9.88. The van der Waals surface area contributed by atoms with Crippen LogP contribution in [0.15, 0.2) is 120 Å². The van der Waals surface area contributed by atoms with Crippen LogP contribution in [0.1, 0.15) is 45.6 Å². The number of rotatable bonds is 6. The Bertz CT molecular complexity index is 1340. The van der Waals surface area contributed by atoms with Crippen molar-refractivity contribution in [1.29, 1.82) is 0 Å². The van der Waals surface area contributed by atoms with Crippen molar-refractivity contribution in [1.82, 2.24) is 0 Å². The molecule has 4 aromatic rings. The van der Waals surface area contributed by atoms with Crippen LogP contribution in [0.5, 0.6) is 0 Å². The average Bonchev–Trinajstić information content (AvgIpc) is 3.16. The molecule has 37 heavy (non-hydrogen) atoms. The first-order chi connectivity index (χ1) is 17.8. The molecule has 2 N–H and O–H groups in total. The summed E-state index contributed by atoms with van der Waals surface area (Å²) < 4.78 is 0. The molecule has 0 radical (unpaired) electrons. The number of hydrogen-bond acceptors (Lipinski definition) is 2. The van der Waals surface area contributed by atoms with E-state index < -0.39 is 20.3 Å². The Morgan fingerprint density at radius 1 is 0.486 bits per heavy atom. The van der Waals surface area contributed by atoms with Crippen molar-refractivity contribution in [3.8, 4) is 0 Å². The molecule has 1 aliphatic rings. The third-order valence-electron chi connectivity index (χ3n) is 7.59. The Kier molecular flexibility index (Phi) is 6.87. The van der Waals surface area contributed by atoms with Gasteiger partial charge in [-0.3, -0.25) is 0 Å². The van der Waals surface area contributed by atoms with Crippen molar-refractivity contribution in [2.75, 3.05) is 0 Å². The highest BCUT2D eigenvalue weighted by molar-refractivity contribution is 6.95. The third-order valence-corrected chi connectivity index (χ3v) is 11.3. The first-order valence-electron chi connectivity index (χ1n) is 12.9. The van der Waals surface area contributed by atoms with Gasteiger partial charge < -0.3 is 10.2 Å². The number of aliphatic hydroxyl groups excluding tert-OH is 2. The third kappa shape index (κ3) is 4.66. The van der Waals surface area contributed by atoms with Crippen LogP contribution in [0.3, 0.4) is 0 Å². The summed E-state index contributed by atoms with van der Waals surface area (Å²) in [6, 6.07) is 37.0. The van der Waals surface area contributed by atoms with Gasteiger partial charge >= 0.3 is 0 Å². The van der Waals surface area contributed by atoms with Crippen LogP contribution in [0.4, 0.5) is 0 Å². The van der Waals surface area contributed by atoms with Gasteiger partial charge in [-0.05, 0) is 57.6 Å². The van der Waals surface area contributed by atoms with Crippen molar-refractivity contribution in [3.63, 3.8) is 0 Å². The van der Waals surface area contributed by atoms with Crippen LogP contribution in [-0.4, -0.2) is 18.3 Å². The highest BCUT2D eigenvalue weighted by Crippen LogP contribution is 2.55. The monoisotopic (exact) mass is 502 g/mol. The second-order valence-electron chi connectivity index (χ2n) is 10.6. The van der Waals surface area contributed by atoms with Crippen molar-refractivity contribution >= 4 is 19.2 Å². The SMILES string of the molecule is Cc1ccc(C(O)C2=C(c3ccccc3)C(c3ccccc3)=C(C(O)c3ccc(C)cc3)[Si]2(C)C)cc1. The molecular weight excluding hydrogens is 468 g/mol. The Morgan fingerprint density at radius 2 is 0.811 bits per heavy atom. The molecule has 5 rings (SSSR count). The minimum absolute atomic E-state index is 0.765. The van der Waals surface area contributed by atoms with Crippen LogP contribution in [-0.2, 0) is 0 Å². The lowest BCUT2D eigenvalue weighted by Gasteiger charge is -2.31. The van der Waals surface area contributed by atoms with E-state index in [9.17, 15) is 10.2 Å². The first-order valence-corrected chi connectivity index (χ1v) is 15.9. The Hall–Kier alpha value is -3.50. The molecule has 2 unspecified atom stereocenters. The summed E-state index contributed by atoms with van der Waals surface area (Å²) in [6.07, 6.45) is -1.53. The second-order valence-corrected chi connectivity index (χ2v) is 14.9. The fourth-order valence-corrected chi connectivity index (χ4v) is 9.42. The van der Waals surface area contributed by atoms with E-state index >= 15 is 0 Å². The predicted octanol–water partition coefficient (Wildman–Crippen LogP) is 7.78. The molecule has 1 heterocycles. The molecule has 1 aliphatic heterocycles. The van der Waals surface area contributed by atoms with Crippen LogP contribution in [0.25, 0.3) is 11.1 Å². The molecule has 2 atom stereocenters. The van der Waals surface area contributed by atoms with Crippen LogP contribution < -0.4 is 0 Å². The summed E-state index contributed by atoms with van der Waals surface area (Å²) >= 11 is 0. The second kappa shape index (κ2) is 10.1. The Morgan fingerprint density at radius 3 is 1.14 bits per heavy atom. The van der Waals surface area contributed by atoms with Gasteiger partial charge in [-0.1, -0.05) is 133 Å². The fourth-order valence-electron chi connectivity index (χ4n) is 5.64. The van der Waals surface area contributed by atoms with Crippen molar-refractivity contribution in [2.45, 2.75) is 39.1 Å². The molecule has 0 saturated heterocycles. The van der Waals surface area contributed by atoms with Gasteiger partial charge in [0.15, 0.2) is 0 Å². The maximum atomic E-state index is 12.0. The van der Waals surface area contributed by atoms with Gasteiger partial charge in [0.05, 0.1) is 12.2 Å². The maximum Gasteiger partial charge on any atom is 0.112 e. The number of benzene rings is 4. The lowest BCUT2D eigenvalue weighted by Crippen LogP contribution is -2.36. The van der Waals surface area contributed by atoms with Crippen molar-refractivity contribution in [3.05, 3.63) is 153 Å². The van der Waals surface area contributed by atoms with Gasteiger partial charge in [0.25, 0.3) is 0 Å².